The van der Waals surface area contributed by atoms with E-state index in [1.54, 1.807) is 0 Å². The van der Waals surface area contributed by atoms with E-state index < -0.39 is 5.97 Å². The molecule has 1 rings (SSSR count). The molecule has 1 aromatic rings. The Balaban J connectivity index is 0.000000437. The summed E-state index contributed by atoms with van der Waals surface area (Å²) in [6.45, 7) is 8.76. The van der Waals surface area contributed by atoms with Crippen LogP contribution in [0.25, 0.3) is 0 Å². The van der Waals surface area contributed by atoms with Crippen LogP contribution in [0.4, 0.5) is 0 Å². The second-order valence-corrected chi connectivity index (χ2v) is 5.60. The lowest BCUT2D eigenvalue weighted by Gasteiger charge is -2.19. The molecule has 0 heterocycles. The second-order valence-electron chi connectivity index (χ2n) is 4.80. The topological polar surface area (TPSA) is 37.3 Å². The number of carboxylic acid groups (broad SMARTS) is 1. The zero-order valence-electron chi connectivity index (χ0n) is 10.7. The van der Waals surface area contributed by atoms with Gasteiger partial charge in [-0.05, 0) is 29.5 Å². The summed E-state index contributed by atoms with van der Waals surface area (Å²) in [7, 11) is 0. The van der Waals surface area contributed by atoms with Crippen LogP contribution in [0.5, 0.6) is 0 Å². The first kappa shape index (κ1) is 16.4. The highest BCUT2D eigenvalue weighted by Crippen LogP contribution is 2.25. The molecule has 0 amide bonds. The molecule has 2 nitrogen and oxygen atoms in total. The van der Waals surface area contributed by atoms with E-state index in [0.717, 1.165) is 4.90 Å². The number of carbonyl (C=O) groups is 1. The van der Waals surface area contributed by atoms with Crippen molar-refractivity contribution in [3.63, 3.8) is 0 Å². The van der Waals surface area contributed by atoms with Gasteiger partial charge in [0.15, 0.2) is 0 Å². The largest absolute Gasteiger partial charge is 0.481 e. The molecular weight excluding hydrogens is 252 g/mol. The van der Waals surface area contributed by atoms with Gasteiger partial charge < -0.3 is 5.11 Å². The number of hydrogen-bond acceptors (Lipinski definition) is 3. The van der Waals surface area contributed by atoms with Gasteiger partial charge in [-0.25, -0.2) is 0 Å². The minimum atomic E-state index is -0.881. The second kappa shape index (κ2) is 6.97. The lowest BCUT2D eigenvalue weighted by Crippen LogP contribution is -2.10. The maximum atomic E-state index is 9.29. The van der Waals surface area contributed by atoms with Gasteiger partial charge >= 0.3 is 5.97 Å². The predicted octanol–water partition coefficient (Wildman–Crippen LogP) is 3.58. The van der Waals surface area contributed by atoms with Crippen molar-refractivity contribution in [1.82, 2.24) is 0 Å². The highest BCUT2D eigenvalue weighted by molar-refractivity contribution is 7.81. The molecule has 0 radical (unpaired) electrons. The Morgan fingerprint density at radius 1 is 1.35 bits per heavy atom. The van der Waals surface area contributed by atoms with E-state index in [1.165, 1.54) is 11.1 Å². The van der Waals surface area contributed by atoms with Crippen LogP contribution in [0.2, 0.25) is 0 Å². The molecule has 0 aliphatic heterocycles. The third kappa shape index (κ3) is 6.64. The number of aliphatic carboxylic acids is 1. The highest BCUT2D eigenvalue weighted by atomic mass is 32.1. The minimum Gasteiger partial charge on any atom is -0.481 e. The molecule has 0 fully saturated rings. The molecule has 17 heavy (non-hydrogen) atoms. The number of thiol groups is 2. The molecule has 0 saturated carbocycles. The average Bonchev–Trinajstić information content (AvgIpc) is 2.21. The Labute approximate surface area is 114 Å². The number of benzene rings is 1. The summed E-state index contributed by atoms with van der Waals surface area (Å²) in [4.78, 5) is 10.4. The van der Waals surface area contributed by atoms with Crippen LogP contribution in [0, 0.1) is 6.92 Å². The zero-order valence-corrected chi connectivity index (χ0v) is 12.5. The molecule has 1 aromatic carbocycles. The molecule has 0 aromatic heterocycles. The monoisotopic (exact) mass is 272 g/mol. The third-order valence-corrected chi connectivity index (χ3v) is 2.97. The quantitative estimate of drug-likeness (QED) is 0.684. The average molecular weight is 272 g/mol. The van der Waals surface area contributed by atoms with Gasteiger partial charge in [-0.3, -0.25) is 4.79 Å². The van der Waals surface area contributed by atoms with Crippen LogP contribution in [-0.2, 0) is 10.2 Å². The normalized spacial score (nSPS) is 10.5. The van der Waals surface area contributed by atoms with Crippen molar-refractivity contribution in [2.45, 2.75) is 38.0 Å². The lowest BCUT2D eigenvalue weighted by molar-refractivity contribution is -0.133. The van der Waals surface area contributed by atoms with E-state index in [4.69, 9.17) is 5.11 Å². The van der Waals surface area contributed by atoms with Crippen LogP contribution >= 0.6 is 25.3 Å². The van der Waals surface area contributed by atoms with E-state index in [1.807, 2.05) is 0 Å². The van der Waals surface area contributed by atoms with Crippen LogP contribution < -0.4 is 0 Å². The van der Waals surface area contributed by atoms with Crippen LogP contribution in [-0.4, -0.2) is 16.8 Å². The smallest absolute Gasteiger partial charge is 0.313 e. The lowest BCUT2D eigenvalue weighted by atomic mass is 9.86. The van der Waals surface area contributed by atoms with Gasteiger partial charge in [0.1, 0.15) is 0 Å². The van der Waals surface area contributed by atoms with Crippen LogP contribution in [0.3, 0.4) is 0 Å². The molecular formula is C13H20O2S2. The number of rotatable bonds is 1. The van der Waals surface area contributed by atoms with Crippen molar-refractivity contribution in [2.75, 3.05) is 5.75 Å². The Hall–Kier alpha value is -0.610. The van der Waals surface area contributed by atoms with Gasteiger partial charge in [0.2, 0.25) is 0 Å². The third-order valence-electron chi connectivity index (χ3n) is 2.20. The predicted molar refractivity (Wildman–Crippen MR) is 78.6 cm³/mol. The van der Waals surface area contributed by atoms with Gasteiger partial charge in [-0.15, -0.1) is 12.6 Å². The molecule has 0 unspecified atom stereocenters. The van der Waals surface area contributed by atoms with Crippen molar-refractivity contribution in [2.24, 2.45) is 0 Å². The molecule has 4 heteroatoms. The molecule has 0 atom stereocenters. The van der Waals surface area contributed by atoms with Crippen molar-refractivity contribution in [1.29, 1.82) is 0 Å². The maximum Gasteiger partial charge on any atom is 0.313 e. The summed E-state index contributed by atoms with van der Waals surface area (Å²) < 4.78 is 0. The molecule has 0 bridgehead atoms. The Morgan fingerprint density at radius 3 is 2.12 bits per heavy atom. The molecule has 0 aliphatic carbocycles. The van der Waals surface area contributed by atoms with Gasteiger partial charge in [0.05, 0.1) is 5.75 Å². The van der Waals surface area contributed by atoms with Gasteiger partial charge in [0.25, 0.3) is 0 Å². The Bertz CT molecular complexity index is 381. The van der Waals surface area contributed by atoms with Crippen molar-refractivity contribution in [3.8, 4) is 0 Å². The number of hydrogen-bond donors (Lipinski definition) is 3. The zero-order chi connectivity index (χ0) is 13.6. The van der Waals surface area contributed by atoms with E-state index >= 15 is 0 Å². The first-order chi connectivity index (χ1) is 7.68. The van der Waals surface area contributed by atoms with Gasteiger partial charge in [0, 0.05) is 4.90 Å². The first-order valence-electron chi connectivity index (χ1n) is 5.31. The SMILES string of the molecule is Cc1cc(C(C)(C)C)ccc1S.O=C(O)CS. The fraction of sp³-hybridized carbons (Fsp3) is 0.462. The fourth-order valence-corrected chi connectivity index (χ4v) is 1.26. The van der Waals surface area contributed by atoms with Gasteiger partial charge in [-0.1, -0.05) is 32.9 Å². The summed E-state index contributed by atoms with van der Waals surface area (Å²) in [5.74, 6) is -0.965. The van der Waals surface area contributed by atoms with E-state index in [-0.39, 0.29) is 11.2 Å². The highest BCUT2D eigenvalue weighted by Gasteiger charge is 2.13. The Kier molecular flexibility index (Phi) is 6.72. The van der Waals surface area contributed by atoms with Crippen molar-refractivity contribution < 1.29 is 9.90 Å². The summed E-state index contributed by atoms with van der Waals surface area (Å²) in [6.07, 6.45) is 0. The first-order valence-corrected chi connectivity index (χ1v) is 6.39. The van der Waals surface area contributed by atoms with Crippen molar-refractivity contribution in [3.05, 3.63) is 29.3 Å². The number of carboxylic acids is 1. The molecule has 0 spiro atoms. The Morgan fingerprint density at radius 2 is 1.82 bits per heavy atom. The van der Waals surface area contributed by atoms with E-state index in [0.29, 0.717) is 0 Å². The van der Waals surface area contributed by atoms with Crippen LogP contribution in [0.1, 0.15) is 31.9 Å². The van der Waals surface area contributed by atoms with E-state index in [2.05, 4.69) is 71.2 Å². The molecule has 0 aliphatic rings. The standard InChI is InChI=1S/C11H16S.C2H4O2S/c1-8-7-9(11(2,3)4)5-6-10(8)12;3-2(4)1-5/h5-7,12H,1-4H3;5H,1H2,(H,3,4). The van der Waals surface area contributed by atoms with Gasteiger partial charge in [-0.2, -0.15) is 12.6 Å². The summed E-state index contributed by atoms with van der Waals surface area (Å²) in [5.41, 5.74) is 2.87. The maximum absolute atomic E-state index is 9.29. The summed E-state index contributed by atoms with van der Waals surface area (Å²) >= 11 is 7.76. The molecule has 1 N–H and O–H groups in total. The fourth-order valence-electron chi connectivity index (χ4n) is 1.12. The summed E-state index contributed by atoms with van der Waals surface area (Å²) in [6, 6.07) is 6.43. The molecule has 0 saturated heterocycles. The molecule has 96 valence electrons. The van der Waals surface area contributed by atoms with Crippen molar-refractivity contribution >= 4 is 31.2 Å². The number of aryl methyl sites for hydroxylation is 1. The van der Waals surface area contributed by atoms with Crippen LogP contribution in [0.15, 0.2) is 23.1 Å². The van der Waals surface area contributed by atoms with E-state index in [9.17, 15) is 4.79 Å². The summed E-state index contributed by atoms with van der Waals surface area (Å²) in [5, 5.41) is 7.65. The minimum absolute atomic E-state index is 0.0833.